The summed E-state index contributed by atoms with van der Waals surface area (Å²) < 4.78 is 2.12. The Hall–Kier alpha value is -1.90. The zero-order valence-corrected chi connectivity index (χ0v) is 7.81. The lowest BCUT2D eigenvalue weighted by atomic mass is 10.3. The summed E-state index contributed by atoms with van der Waals surface area (Å²) in [5, 5.41) is 0. The van der Waals surface area contributed by atoms with E-state index in [2.05, 4.69) is 26.7 Å². The monoisotopic (exact) mass is 183 g/mol. The third-order valence-electron chi connectivity index (χ3n) is 2.52. The van der Waals surface area contributed by atoms with Crippen LogP contribution in [0.15, 0.2) is 36.7 Å². The summed E-state index contributed by atoms with van der Waals surface area (Å²) in [5.74, 6) is 0. The van der Waals surface area contributed by atoms with Crippen LogP contribution in [-0.2, 0) is 7.05 Å². The molecular weight excluding hydrogens is 174 g/mol. The second-order valence-electron chi connectivity index (χ2n) is 3.30. The first kappa shape index (κ1) is 7.50. The molecule has 0 saturated carbocycles. The minimum absolute atomic E-state index is 0.977. The summed E-state index contributed by atoms with van der Waals surface area (Å²) in [7, 11) is 2.04. The van der Waals surface area contributed by atoms with Crippen LogP contribution >= 0.6 is 0 Å². The third-order valence-corrected chi connectivity index (χ3v) is 2.52. The number of nitrogens with zero attached hydrogens (tertiary/aromatic N) is 3. The first-order valence-electron chi connectivity index (χ1n) is 4.52. The van der Waals surface area contributed by atoms with Gasteiger partial charge in [0.05, 0.1) is 11.0 Å². The van der Waals surface area contributed by atoms with Gasteiger partial charge in [-0.2, -0.15) is 0 Å². The molecule has 3 heterocycles. The SMILES string of the molecule is Cn1c2cccnc2c2ncccc21. The number of hydrogen-bond donors (Lipinski definition) is 0. The maximum atomic E-state index is 4.35. The third kappa shape index (κ3) is 0.812. The van der Waals surface area contributed by atoms with E-state index in [0.29, 0.717) is 0 Å². The molecule has 14 heavy (non-hydrogen) atoms. The minimum atomic E-state index is 0.977. The summed E-state index contributed by atoms with van der Waals surface area (Å²) in [6, 6.07) is 8.01. The highest BCUT2D eigenvalue weighted by Gasteiger charge is 2.07. The molecule has 3 aromatic heterocycles. The van der Waals surface area contributed by atoms with Crippen molar-refractivity contribution in [2.75, 3.05) is 0 Å². The molecule has 0 atom stereocenters. The molecule has 0 aliphatic rings. The van der Waals surface area contributed by atoms with Crippen LogP contribution in [0, 0.1) is 0 Å². The topological polar surface area (TPSA) is 30.7 Å². The Balaban J connectivity index is 2.69. The summed E-state index contributed by atoms with van der Waals surface area (Å²) in [6.45, 7) is 0. The van der Waals surface area contributed by atoms with Gasteiger partial charge in [-0.15, -0.1) is 0 Å². The maximum absolute atomic E-state index is 4.35. The summed E-state index contributed by atoms with van der Waals surface area (Å²) in [4.78, 5) is 8.69. The van der Waals surface area contributed by atoms with Gasteiger partial charge >= 0.3 is 0 Å². The highest BCUT2D eigenvalue weighted by Crippen LogP contribution is 2.23. The van der Waals surface area contributed by atoms with Gasteiger partial charge in [0, 0.05) is 19.4 Å². The predicted octanol–water partition coefficient (Wildman–Crippen LogP) is 2.12. The Labute approximate surface area is 81.0 Å². The van der Waals surface area contributed by atoms with Crippen LogP contribution in [0.5, 0.6) is 0 Å². The van der Waals surface area contributed by atoms with E-state index in [0.717, 1.165) is 22.1 Å². The number of pyridine rings is 2. The van der Waals surface area contributed by atoms with Crippen LogP contribution in [-0.4, -0.2) is 14.5 Å². The molecule has 0 aliphatic heterocycles. The first-order valence-corrected chi connectivity index (χ1v) is 4.52. The van der Waals surface area contributed by atoms with Gasteiger partial charge in [0.1, 0.15) is 11.0 Å². The number of rotatable bonds is 0. The van der Waals surface area contributed by atoms with E-state index in [1.165, 1.54) is 0 Å². The standard InChI is InChI=1S/C11H9N3/c1-14-8-4-2-6-12-10(8)11-9(14)5-3-7-13-11/h2-7H,1H3. The lowest BCUT2D eigenvalue weighted by Crippen LogP contribution is -1.85. The molecule has 3 aromatic rings. The lowest BCUT2D eigenvalue weighted by molar-refractivity contribution is 1.01. The average Bonchev–Trinajstić information content (AvgIpc) is 2.55. The molecule has 0 bridgehead atoms. The van der Waals surface area contributed by atoms with Gasteiger partial charge in [0.2, 0.25) is 0 Å². The largest absolute Gasteiger partial charge is 0.341 e. The molecule has 0 fully saturated rings. The molecular formula is C11H9N3. The highest BCUT2D eigenvalue weighted by atomic mass is 15.0. The fourth-order valence-electron chi connectivity index (χ4n) is 1.83. The van der Waals surface area contributed by atoms with Crippen LogP contribution < -0.4 is 0 Å². The van der Waals surface area contributed by atoms with Gasteiger partial charge in [-0.1, -0.05) is 0 Å². The van der Waals surface area contributed by atoms with Gasteiger partial charge in [0.25, 0.3) is 0 Å². The number of hydrogen-bond acceptors (Lipinski definition) is 2. The fraction of sp³-hybridized carbons (Fsp3) is 0.0909. The normalized spacial score (nSPS) is 11.2. The molecule has 3 heteroatoms. The zero-order chi connectivity index (χ0) is 9.54. The first-order chi connectivity index (χ1) is 6.88. The zero-order valence-electron chi connectivity index (χ0n) is 7.81. The van der Waals surface area contributed by atoms with E-state index in [1.807, 2.05) is 19.2 Å². The van der Waals surface area contributed by atoms with Crippen molar-refractivity contribution in [1.29, 1.82) is 0 Å². The predicted molar refractivity (Wildman–Crippen MR) is 56.0 cm³/mol. The molecule has 0 aromatic carbocycles. The second kappa shape index (κ2) is 2.54. The quantitative estimate of drug-likeness (QED) is 0.534. The van der Waals surface area contributed by atoms with E-state index in [-0.39, 0.29) is 0 Å². The molecule has 68 valence electrons. The van der Waals surface area contributed by atoms with E-state index >= 15 is 0 Å². The summed E-state index contributed by atoms with van der Waals surface area (Å²) in [5.41, 5.74) is 4.21. The van der Waals surface area contributed by atoms with Crippen LogP contribution in [0.25, 0.3) is 22.1 Å². The number of fused-ring (bicyclic) bond motifs is 3. The van der Waals surface area contributed by atoms with Crippen LogP contribution in [0.2, 0.25) is 0 Å². The Morgan fingerprint density at radius 1 is 0.929 bits per heavy atom. The Morgan fingerprint density at radius 2 is 1.43 bits per heavy atom. The Kier molecular flexibility index (Phi) is 1.36. The van der Waals surface area contributed by atoms with Crippen molar-refractivity contribution in [1.82, 2.24) is 14.5 Å². The number of aromatic nitrogens is 3. The molecule has 0 amide bonds. The summed E-state index contributed by atoms with van der Waals surface area (Å²) in [6.07, 6.45) is 3.60. The Morgan fingerprint density at radius 3 is 1.93 bits per heavy atom. The van der Waals surface area contributed by atoms with E-state index in [4.69, 9.17) is 0 Å². The molecule has 0 unspecified atom stereocenters. The lowest BCUT2D eigenvalue weighted by Gasteiger charge is -1.94. The maximum Gasteiger partial charge on any atom is 0.114 e. The number of aryl methyl sites for hydroxylation is 1. The van der Waals surface area contributed by atoms with Gasteiger partial charge in [-0.25, -0.2) is 0 Å². The van der Waals surface area contributed by atoms with Crippen molar-refractivity contribution in [3.05, 3.63) is 36.7 Å². The molecule has 0 N–H and O–H groups in total. The molecule has 0 saturated heterocycles. The van der Waals surface area contributed by atoms with Gasteiger partial charge in [0.15, 0.2) is 0 Å². The van der Waals surface area contributed by atoms with Crippen LogP contribution in [0.1, 0.15) is 0 Å². The molecule has 3 nitrogen and oxygen atoms in total. The van der Waals surface area contributed by atoms with Crippen molar-refractivity contribution < 1.29 is 0 Å². The van der Waals surface area contributed by atoms with Gasteiger partial charge in [-0.3, -0.25) is 9.97 Å². The van der Waals surface area contributed by atoms with Crippen molar-refractivity contribution in [2.45, 2.75) is 0 Å². The van der Waals surface area contributed by atoms with E-state index in [9.17, 15) is 0 Å². The van der Waals surface area contributed by atoms with Crippen LogP contribution in [0.4, 0.5) is 0 Å². The molecule has 0 spiro atoms. The second-order valence-corrected chi connectivity index (χ2v) is 3.30. The molecule has 0 aliphatic carbocycles. The molecule has 0 radical (unpaired) electrons. The van der Waals surface area contributed by atoms with E-state index in [1.54, 1.807) is 12.4 Å². The minimum Gasteiger partial charge on any atom is -0.341 e. The van der Waals surface area contributed by atoms with Crippen molar-refractivity contribution in [2.24, 2.45) is 7.05 Å². The van der Waals surface area contributed by atoms with Crippen molar-refractivity contribution >= 4 is 22.1 Å². The average molecular weight is 183 g/mol. The highest BCUT2D eigenvalue weighted by molar-refractivity contribution is 6.02. The smallest absolute Gasteiger partial charge is 0.114 e. The van der Waals surface area contributed by atoms with Gasteiger partial charge in [-0.05, 0) is 24.3 Å². The van der Waals surface area contributed by atoms with E-state index < -0.39 is 0 Å². The molecule has 3 rings (SSSR count). The van der Waals surface area contributed by atoms with Crippen molar-refractivity contribution in [3.63, 3.8) is 0 Å². The van der Waals surface area contributed by atoms with Crippen LogP contribution in [0.3, 0.4) is 0 Å². The summed E-state index contributed by atoms with van der Waals surface area (Å²) >= 11 is 0. The van der Waals surface area contributed by atoms with Gasteiger partial charge < -0.3 is 4.57 Å². The fourth-order valence-corrected chi connectivity index (χ4v) is 1.83. The van der Waals surface area contributed by atoms with Crippen molar-refractivity contribution in [3.8, 4) is 0 Å². The Bertz CT molecular complexity index is 557.